The highest BCUT2D eigenvalue weighted by atomic mass is 28.4. The molecule has 0 unspecified atom stereocenters. The Balaban J connectivity index is 1.67. The Kier molecular flexibility index (Phi) is 5.86. The summed E-state index contributed by atoms with van der Waals surface area (Å²) in [4.78, 5) is 8.82. The summed E-state index contributed by atoms with van der Waals surface area (Å²) in [7, 11) is -2.06. The average Bonchev–Trinajstić information content (AvgIpc) is 3.32. The molecule has 0 spiro atoms. The molecular formula is C22H30N5O3Si. The minimum atomic E-state index is -2.06. The predicted molar refractivity (Wildman–Crippen MR) is 122 cm³/mol. The lowest BCUT2D eigenvalue weighted by molar-refractivity contribution is -0.00665. The second-order valence-corrected chi connectivity index (χ2v) is 14.1. The van der Waals surface area contributed by atoms with E-state index in [-0.39, 0.29) is 17.7 Å². The lowest BCUT2D eigenvalue weighted by Crippen LogP contribution is -2.44. The first-order chi connectivity index (χ1) is 14.7. The van der Waals surface area contributed by atoms with Gasteiger partial charge in [-0.3, -0.25) is 0 Å². The van der Waals surface area contributed by atoms with Gasteiger partial charge in [-0.2, -0.15) is 9.61 Å². The van der Waals surface area contributed by atoms with E-state index >= 15 is 0 Å². The van der Waals surface area contributed by atoms with E-state index in [2.05, 4.69) is 54.2 Å². The number of rotatable bonds is 6. The summed E-state index contributed by atoms with van der Waals surface area (Å²) in [6, 6.07) is 9.79. The lowest BCUT2D eigenvalue weighted by Gasteiger charge is -2.39. The molecule has 0 amide bonds. The second-order valence-electron chi connectivity index (χ2n) is 9.34. The van der Waals surface area contributed by atoms with Crippen LogP contribution < -0.4 is 5.32 Å². The number of anilines is 2. The standard InChI is InChI=1S/C22H30N5O3Si/c1-22(2,3)31(4,5)30-18-11-16(13-28)29-19(18)17-12-25-27-20(17)23-14-24-21(27)26-15-9-7-6-8-10-15/h6-12,14,16,18-19,28H,13H2,1-5H3,(H,23,24,26)/t16-,18+,19+/m1/s1. The van der Waals surface area contributed by atoms with E-state index in [9.17, 15) is 5.11 Å². The van der Waals surface area contributed by atoms with Crippen molar-refractivity contribution in [2.75, 3.05) is 11.9 Å². The first-order valence-electron chi connectivity index (χ1n) is 10.5. The maximum Gasteiger partial charge on any atom is 0.231 e. The van der Waals surface area contributed by atoms with Crippen LogP contribution in [-0.2, 0) is 9.16 Å². The van der Waals surface area contributed by atoms with E-state index in [1.807, 2.05) is 36.8 Å². The van der Waals surface area contributed by atoms with Gasteiger partial charge in [0.15, 0.2) is 14.0 Å². The van der Waals surface area contributed by atoms with Crippen molar-refractivity contribution < 1.29 is 14.3 Å². The van der Waals surface area contributed by atoms with E-state index in [1.165, 1.54) is 6.33 Å². The van der Waals surface area contributed by atoms with Crippen LogP contribution in [0.25, 0.3) is 5.65 Å². The van der Waals surface area contributed by atoms with Crippen molar-refractivity contribution in [1.82, 2.24) is 19.6 Å². The topological polar surface area (TPSA) is 93.8 Å². The zero-order valence-electron chi connectivity index (χ0n) is 18.6. The number of aliphatic hydroxyl groups excluding tert-OH is 1. The molecule has 3 aromatic rings. The summed E-state index contributed by atoms with van der Waals surface area (Å²) in [5, 5.41) is 17.6. The lowest BCUT2D eigenvalue weighted by atomic mass is 10.1. The van der Waals surface area contributed by atoms with Crippen molar-refractivity contribution in [3.05, 3.63) is 54.8 Å². The summed E-state index contributed by atoms with van der Waals surface area (Å²) in [6.07, 6.45) is 4.14. The number of nitrogens with one attached hydrogen (secondary N) is 1. The molecule has 1 aliphatic heterocycles. The number of ether oxygens (including phenoxy) is 1. The number of aliphatic hydroxyl groups is 1. The molecule has 1 aliphatic rings. The Labute approximate surface area is 183 Å². The number of hydrogen-bond acceptors (Lipinski definition) is 7. The maximum absolute atomic E-state index is 9.72. The van der Waals surface area contributed by atoms with Gasteiger partial charge in [-0.15, -0.1) is 0 Å². The SMILES string of the molecule is CC(C)(C)[Si](C)(C)O[C@H]1[CH][C@H](CO)O[C@H]1c1cnn2c(Nc3ccccc3)ncnc12. The Hall–Kier alpha value is -2.33. The number of hydrogen-bond donors (Lipinski definition) is 2. The normalized spacial score (nSPS) is 22.2. The largest absolute Gasteiger partial charge is 0.411 e. The van der Waals surface area contributed by atoms with E-state index in [4.69, 9.17) is 9.16 Å². The highest BCUT2D eigenvalue weighted by Crippen LogP contribution is 2.43. The van der Waals surface area contributed by atoms with Gasteiger partial charge < -0.3 is 19.6 Å². The van der Waals surface area contributed by atoms with E-state index in [1.54, 1.807) is 10.7 Å². The molecule has 0 bridgehead atoms. The Morgan fingerprint density at radius 1 is 1.19 bits per heavy atom. The zero-order chi connectivity index (χ0) is 22.2. The van der Waals surface area contributed by atoms with Gasteiger partial charge in [-0.1, -0.05) is 39.0 Å². The third-order valence-electron chi connectivity index (χ3n) is 6.11. The van der Waals surface area contributed by atoms with Gasteiger partial charge in [-0.25, -0.2) is 9.97 Å². The monoisotopic (exact) mass is 440 g/mol. The highest BCUT2D eigenvalue weighted by Gasteiger charge is 2.46. The highest BCUT2D eigenvalue weighted by molar-refractivity contribution is 6.74. The third kappa shape index (κ3) is 4.36. The van der Waals surface area contributed by atoms with Gasteiger partial charge in [0, 0.05) is 17.7 Å². The van der Waals surface area contributed by atoms with Gasteiger partial charge in [0.2, 0.25) is 5.95 Å². The first kappa shape index (κ1) is 21.9. The summed E-state index contributed by atoms with van der Waals surface area (Å²) < 4.78 is 14.5. The van der Waals surface area contributed by atoms with Crippen LogP contribution in [0.2, 0.25) is 18.1 Å². The zero-order valence-corrected chi connectivity index (χ0v) is 19.6. The summed E-state index contributed by atoms with van der Waals surface area (Å²) in [6.45, 7) is 10.9. The molecular weight excluding hydrogens is 410 g/mol. The van der Waals surface area contributed by atoms with Gasteiger partial charge in [0.25, 0.3) is 0 Å². The fraction of sp³-hybridized carbons (Fsp3) is 0.455. The number of para-hydroxylation sites is 1. The van der Waals surface area contributed by atoms with E-state index < -0.39 is 20.5 Å². The van der Waals surface area contributed by atoms with Crippen molar-refractivity contribution in [2.24, 2.45) is 0 Å². The van der Waals surface area contributed by atoms with Crippen LogP contribution in [0.1, 0.15) is 32.4 Å². The minimum Gasteiger partial charge on any atom is -0.411 e. The quantitative estimate of drug-likeness (QED) is 0.562. The number of benzene rings is 1. The molecule has 0 aliphatic carbocycles. The number of nitrogens with zero attached hydrogens (tertiary/aromatic N) is 4. The van der Waals surface area contributed by atoms with Crippen LogP contribution >= 0.6 is 0 Å². The Morgan fingerprint density at radius 2 is 1.94 bits per heavy atom. The van der Waals surface area contributed by atoms with Crippen molar-refractivity contribution in [3.8, 4) is 0 Å². The fourth-order valence-electron chi connectivity index (χ4n) is 3.36. The third-order valence-corrected chi connectivity index (χ3v) is 10.6. The van der Waals surface area contributed by atoms with Crippen LogP contribution in [0.4, 0.5) is 11.6 Å². The van der Waals surface area contributed by atoms with Crippen LogP contribution in [0.15, 0.2) is 42.9 Å². The van der Waals surface area contributed by atoms with Gasteiger partial charge in [0.05, 0.1) is 25.0 Å². The molecule has 2 N–H and O–H groups in total. The van der Waals surface area contributed by atoms with E-state index in [0.29, 0.717) is 11.6 Å². The molecule has 4 rings (SSSR count). The van der Waals surface area contributed by atoms with Crippen LogP contribution in [-0.4, -0.2) is 51.8 Å². The molecule has 8 nitrogen and oxygen atoms in total. The molecule has 1 radical (unpaired) electrons. The predicted octanol–water partition coefficient (Wildman–Crippen LogP) is 3.89. The Morgan fingerprint density at radius 3 is 2.61 bits per heavy atom. The van der Waals surface area contributed by atoms with Crippen LogP contribution in [0.5, 0.6) is 0 Å². The molecule has 0 saturated carbocycles. The second kappa shape index (κ2) is 8.31. The fourth-order valence-corrected chi connectivity index (χ4v) is 4.60. The average molecular weight is 441 g/mol. The molecule has 3 heterocycles. The van der Waals surface area contributed by atoms with Crippen molar-refractivity contribution in [1.29, 1.82) is 0 Å². The van der Waals surface area contributed by atoms with Gasteiger partial charge >= 0.3 is 0 Å². The van der Waals surface area contributed by atoms with E-state index in [0.717, 1.165) is 11.3 Å². The van der Waals surface area contributed by atoms with Gasteiger partial charge in [0.1, 0.15) is 12.4 Å². The summed E-state index contributed by atoms with van der Waals surface area (Å²) in [5.41, 5.74) is 2.37. The van der Waals surface area contributed by atoms with Crippen LogP contribution in [0.3, 0.4) is 0 Å². The molecule has 165 valence electrons. The Bertz CT molecular complexity index is 1030. The van der Waals surface area contributed by atoms with Crippen molar-refractivity contribution >= 4 is 25.6 Å². The molecule has 1 saturated heterocycles. The minimum absolute atomic E-state index is 0.0543. The molecule has 1 fully saturated rings. The maximum atomic E-state index is 9.72. The molecule has 1 aromatic carbocycles. The van der Waals surface area contributed by atoms with Crippen molar-refractivity contribution in [3.63, 3.8) is 0 Å². The summed E-state index contributed by atoms with van der Waals surface area (Å²) >= 11 is 0. The molecule has 31 heavy (non-hydrogen) atoms. The van der Waals surface area contributed by atoms with Crippen LogP contribution in [0, 0.1) is 6.42 Å². The number of fused-ring (bicyclic) bond motifs is 1. The number of aromatic nitrogens is 4. The first-order valence-corrected chi connectivity index (χ1v) is 13.4. The summed E-state index contributed by atoms with van der Waals surface area (Å²) in [5.74, 6) is 0.560. The molecule has 9 heteroatoms. The van der Waals surface area contributed by atoms with Gasteiger partial charge in [-0.05, 0) is 30.3 Å². The smallest absolute Gasteiger partial charge is 0.231 e. The molecule has 3 atom stereocenters. The van der Waals surface area contributed by atoms with Crippen molar-refractivity contribution in [2.45, 2.75) is 57.2 Å². The molecule has 2 aromatic heterocycles.